The molecule has 0 radical (unpaired) electrons. The molecule has 3 heteroatoms. The van der Waals surface area contributed by atoms with Crippen molar-refractivity contribution in [1.82, 2.24) is 4.90 Å². The van der Waals surface area contributed by atoms with Crippen molar-refractivity contribution in [2.75, 3.05) is 13.2 Å². The first-order valence-electron chi connectivity index (χ1n) is 7.49. The topological polar surface area (TPSA) is 38.5 Å². The number of nitrogens with zero attached hydrogens (tertiary/aromatic N) is 1. The van der Waals surface area contributed by atoms with E-state index in [0.29, 0.717) is 24.2 Å². The number of hydrogen-bond acceptors (Lipinski definition) is 3. The molecule has 0 amide bonds. The number of rotatable bonds is 1. The van der Waals surface area contributed by atoms with E-state index in [4.69, 9.17) is 10.5 Å². The predicted molar refractivity (Wildman–Crippen MR) is 68.9 cm³/mol. The van der Waals surface area contributed by atoms with E-state index in [2.05, 4.69) is 4.90 Å². The second kappa shape index (κ2) is 5.25. The normalized spacial score (nSPS) is 44.3. The first-order valence-corrected chi connectivity index (χ1v) is 7.49. The first kappa shape index (κ1) is 11.9. The van der Waals surface area contributed by atoms with Crippen LogP contribution in [0.25, 0.3) is 0 Å². The monoisotopic (exact) mass is 238 g/mol. The third-order valence-electron chi connectivity index (χ3n) is 4.98. The maximum Gasteiger partial charge on any atom is 0.0731 e. The molecule has 1 aliphatic heterocycles. The average molecular weight is 238 g/mol. The molecular formula is C14H26N2O. The molecule has 17 heavy (non-hydrogen) atoms. The van der Waals surface area contributed by atoms with Gasteiger partial charge in [-0.2, -0.15) is 0 Å². The molecule has 0 spiro atoms. The van der Waals surface area contributed by atoms with Crippen LogP contribution in [0.4, 0.5) is 0 Å². The van der Waals surface area contributed by atoms with Crippen LogP contribution >= 0.6 is 0 Å². The standard InChI is InChI=1S/C14H26N2O/c15-11-5-2-1-3-6-12(11)16-9-10-17-14-8-4-7-13(14)16/h11-14H,1-10,15H2. The summed E-state index contributed by atoms with van der Waals surface area (Å²) in [6, 6.07) is 1.71. The molecule has 1 saturated heterocycles. The van der Waals surface area contributed by atoms with Crippen LogP contribution in [0.5, 0.6) is 0 Å². The molecule has 2 aliphatic carbocycles. The van der Waals surface area contributed by atoms with Gasteiger partial charge in [0.25, 0.3) is 0 Å². The average Bonchev–Trinajstić information content (AvgIpc) is 2.72. The van der Waals surface area contributed by atoms with Crippen molar-refractivity contribution in [1.29, 1.82) is 0 Å². The SMILES string of the molecule is NC1CCCCCC1N1CCOC2CCCC21. The Kier molecular flexibility index (Phi) is 3.69. The zero-order valence-electron chi connectivity index (χ0n) is 10.8. The fourth-order valence-electron chi connectivity index (χ4n) is 4.10. The van der Waals surface area contributed by atoms with E-state index in [-0.39, 0.29) is 0 Å². The minimum Gasteiger partial charge on any atom is -0.375 e. The number of nitrogens with two attached hydrogens (primary N) is 1. The smallest absolute Gasteiger partial charge is 0.0731 e. The number of fused-ring (bicyclic) bond motifs is 1. The van der Waals surface area contributed by atoms with Gasteiger partial charge in [0.1, 0.15) is 0 Å². The van der Waals surface area contributed by atoms with Crippen LogP contribution in [0.3, 0.4) is 0 Å². The molecule has 0 aromatic heterocycles. The summed E-state index contributed by atoms with van der Waals surface area (Å²) in [7, 11) is 0. The van der Waals surface area contributed by atoms with Gasteiger partial charge < -0.3 is 10.5 Å². The maximum atomic E-state index is 6.41. The molecule has 2 saturated carbocycles. The van der Waals surface area contributed by atoms with Crippen molar-refractivity contribution < 1.29 is 4.74 Å². The Morgan fingerprint density at radius 3 is 2.65 bits per heavy atom. The molecule has 1 heterocycles. The minimum atomic E-state index is 0.400. The molecule has 0 bridgehead atoms. The van der Waals surface area contributed by atoms with Crippen LogP contribution < -0.4 is 5.73 Å². The van der Waals surface area contributed by atoms with E-state index >= 15 is 0 Å². The van der Waals surface area contributed by atoms with Gasteiger partial charge in [-0.05, 0) is 32.1 Å². The van der Waals surface area contributed by atoms with Crippen molar-refractivity contribution in [2.24, 2.45) is 5.73 Å². The van der Waals surface area contributed by atoms with Crippen LogP contribution in [0.2, 0.25) is 0 Å². The Hall–Kier alpha value is -0.120. The highest BCUT2D eigenvalue weighted by molar-refractivity contribution is 4.95. The minimum absolute atomic E-state index is 0.400. The fraction of sp³-hybridized carbons (Fsp3) is 1.00. The van der Waals surface area contributed by atoms with Crippen molar-refractivity contribution in [2.45, 2.75) is 75.6 Å². The Morgan fingerprint density at radius 1 is 0.882 bits per heavy atom. The summed E-state index contributed by atoms with van der Waals surface area (Å²) in [5.41, 5.74) is 6.41. The summed E-state index contributed by atoms with van der Waals surface area (Å²) in [6.45, 7) is 2.03. The molecular weight excluding hydrogens is 212 g/mol. The van der Waals surface area contributed by atoms with Crippen LogP contribution in [-0.4, -0.2) is 42.3 Å². The summed E-state index contributed by atoms with van der Waals surface area (Å²) >= 11 is 0. The van der Waals surface area contributed by atoms with Gasteiger partial charge in [-0.3, -0.25) is 4.90 Å². The molecule has 98 valence electrons. The van der Waals surface area contributed by atoms with Crippen molar-refractivity contribution >= 4 is 0 Å². The van der Waals surface area contributed by atoms with Crippen LogP contribution in [0, 0.1) is 0 Å². The Balaban J connectivity index is 1.72. The van der Waals surface area contributed by atoms with Crippen molar-refractivity contribution in [3.8, 4) is 0 Å². The molecule has 2 N–H and O–H groups in total. The maximum absolute atomic E-state index is 6.41. The molecule has 0 aromatic carbocycles. The van der Waals surface area contributed by atoms with Crippen molar-refractivity contribution in [3.05, 3.63) is 0 Å². The lowest BCUT2D eigenvalue weighted by Crippen LogP contribution is -2.57. The lowest BCUT2D eigenvalue weighted by molar-refractivity contribution is -0.0760. The number of hydrogen-bond donors (Lipinski definition) is 1. The van der Waals surface area contributed by atoms with Gasteiger partial charge in [-0.15, -0.1) is 0 Å². The van der Waals surface area contributed by atoms with Gasteiger partial charge in [0.2, 0.25) is 0 Å². The van der Waals surface area contributed by atoms with Gasteiger partial charge in [-0.1, -0.05) is 19.3 Å². The molecule has 3 nitrogen and oxygen atoms in total. The number of ether oxygens (including phenoxy) is 1. The molecule has 3 rings (SSSR count). The zero-order chi connectivity index (χ0) is 11.7. The van der Waals surface area contributed by atoms with Gasteiger partial charge in [-0.25, -0.2) is 0 Å². The van der Waals surface area contributed by atoms with Gasteiger partial charge in [0.15, 0.2) is 0 Å². The predicted octanol–water partition coefficient (Wildman–Crippen LogP) is 1.90. The van der Waals surface area contributed by atoms with Gasteiger partial charge in [0, 0.05) is 24.7 Å². The third kappa shape index (κ3) is 2.38. The first-order chi connectivity index (χ1) is 8.36. The van der Waals surface area contributed by atoms with Gasteiger partial charge >= 0.3 is 0 Å². The van der Waals surface area contributed by atoms with Gasteiger partial charge in [0.05, 0.1) is 12.7 Å². The highest BCUT2D eigenvalue weighted by Gasteiger charge is 2.40. The van der Waals surface area contributed by atoms with E-state index in [1.54, 1.807) is 0 Å². The summed E-state index contributed by atoms with van der Waals surface area (Å²) < 4.78 is 5.91. The third-order valence-corrected chi connectivity index (χ3v) is 4.98. The van der Waals surface area contributed by atoms with Crippen LogP contribution in [0.15, 0.2) is 0 Å². The van der Waals surface area contributed by atoms with E-state index in [1.807, 2.05) is 0 Å². The Labute approximate surface area is 105 Å². The van der Waals surface area contributed by atoms with E-state index < -0.39 is 0 Å². The lowest BCUT2D eigenvalue weighted by Gasteiger charge is -2.44. The summed E-state index contributed by atoms with van der Waals surface area (Å²) in [4.78, 5) is 2.72. The Morgan fingerprint density at radius 2 is 1.71 bits per heavy atom. The highest BCUT2D eigenvalue weighted by Crippen LogP contribution is 2.33. The fourth-order valence-corrected chi connectivity index (χ4v) is 4.10. The molecule has 3 aliphatic rings. The van der Waals surface area contributed by atoms with E-state index in [0.717, 1.165) is 13.2 Å². The molecule has 4 atom stereocenters. The zero-order valence-corrected chi connectivity index (χ0v) is 10.8. The van der Waals surface area contributed by atoms with Crippen LogP contribution in [-0.2, 0) is 4.74 Å². The quantitative estimate of drug-likeness (QED) is 0.709. The van der Waals surface area contributed by atoms with E-state index in [9.17, 15) is 0 Å². The summed E-state index contributed by atoms with van der Waals surface area (Å²) in [5, 5.41) is 0. The summed E-state index contributed by atoms with van der Waals surface area (Å²) in [5.74, 6) is 0. The summed E-state index contributed by atoms with van der Waals surface area (Å²) in [6.07, 6.45) is 11.1. The van der Waals surface area contributed by atoms with Crippen molar-refractivity contribution in [3.63, 3.8) is 0 Å². The molecule has 3 fully saturated rings. The highest BCUT2D eigenvalue weighted by atomic mass is 16.5. The lowest BCUT2D eigenvalue weighted by atomic mass is 9.98. The largest absolute Gasteiger partial charge is 0.375 e. The van der Waals surface area contributed by atoms with Crippen LogP contribution in [0.1, 0.15) is 51.4 Å². The number of morpholine rings is 1. The van der Waals surface area contributed by atoms with E-state index in [1.165, 1.54) is 51.4 Å². The second-order valence-corrected chi connectivity index (χ2v) is 6.01. The molecule has 4 unspecified atom stereocenters. The Bertz CT molecular complexity index is 259. The molecule has 0 aromatic rings. The second-order valence-electron chi connectivity index (χ2n) is 6.01.